The van der Waals surface area contributed by atoms with Crippen LogP contribution >= 0.6 is 11.3 Å². The number of nitrogens with one attached hydrogen (secondary N) is 2. The highest BCUT2D eigenvalue weighted by Gasteiger charge is 2.23. The normalized spacial score (nSPS) is 16.9. The van der Waals surface area contributed by atoms with Crippen LogP contribution in [0, 0.1) is 6.92 Å². The molecule has 2 N–H and O–H groups in total. The van der Waals surface area contributed by atoms with Crippen molar-refractivity contribution in [2.75, 3.05) is 39.4 Å². The third-order valence-corrected chi connectivity index (χ3v) is 5.81. The zero-order valence-electron chi connectivity index (χ0n) is 16.3. The number of guanidine groups is 1. The zero-order chi connectivity index (χ0) is 18.9. The molecule has 1 saturated heterocycles. The lowest BCUT2D eigenvalue weighted by atomic mass is 10.1. The first kappa shape index (κ1) is 19.9. The van der Waals surface area contributed by atoms with Gasteiger partial charge in [-0.05, 0) is 36.4 Å². The summed E-state index contributed by atoms with van der Waals surface area (Å²) in [5.41, 5.74) is 2.54. The van der Waals surface area contributed by atoms with Crippen LogP contribution < -0.4 is 10.6 Å². The van der Waals surface area contributed by atoms with Crippen LogP contribution in [0.2, 0.25) is 0 Å². The lowest BCUT2D eigenvalue weighted by molar-refractivity contribution is 0.0177. The van der Waals surface area contributed by atoms with Crippen LogP contribution in [0.15, 0.2) is 46.8 Å². The lowest BCUT2D eigenvalue weighted by Gasteiger charge is -2.34. The molecule has 0 saturated carbocycles. The van der Waals surface area contributed by atoms with Gasteiger partial charge in [-0.3, -0.25) is 4.90 Å². The molecule has 6 heteroatoms. The Hall–Kier alpha value is -1.89. The zero-order valence-corrected chi connectivity index (χ0v) is 17.1. The topological polar surface area (TPSA) is 48.9 Å². The number of morpholine rings is 1. The minimum absolute atomic E-state index is 0.344. The standard InChI is InChI=1S/C21H30N4OS/c1-3-22-21(23-15-18-8-5-4-7-17(18)2)24-16-19(20-9-6-14-27-20)25-10-12-26-13-11-25/h4-9,14,19H,3,10-13,15-16H2,1-2H3,(H2,22,23,24). The lowest BCUT2D eigenvalue weighted by Crippen LogP contribution is -2.46. The Labute approximate surface area is 166 Å². The van der Waals surface area contributed by atoms with E-state index in [1.54, 1.807) is 0 Å². The summed E-state index contributed by atoms with van der Waals surface area (Å²) < 4.78 is 5.54. The van der Waals surface area contributed by atoms with Gasteiger partial charge in [-0.1, -0.05) is 30.3 Å². The first-order valence-corrected chi connectivity index (χ1v) is 10.6. The first-order chi connectivity index (χ1) is 13.3. The van der Waals surface area contributed by atoms with Gasteiger partial charge in [0.2, 0.25) is 0 Å². The molecule has 0 spiro atoms. The van der Waals surface area contributed by atoms with E-state index in [2.05, 4.69) is 71.2 Å². The summed E-state index contributed by atoms with van der Waals surface area (Å²) in [5.74, 6) is 0.871. The third-order valence-electron chi connectivity index (χ3n) is 4.83. The second kappa shape index (κ2) is 10.4. The Balaban J connectivity index is 1.66. The van der Waals surface area contributed by atoms with E-state index in [-0.39, 0.29) is 0 Å². The summed E-state index contributed by atoms with van der Waals surface area (Å²) in [6, 6.07) is 13.1. The second-order valence-corrected chi connectivity index (χ2v) is 7.66. The Morgan fingerprint density at radius 1 is 1.19 bits per heavy atom. The quantitative estimate of drug-likeness (QED) is 0.567. The Kier molecular flexibility index (Phi) is 7.68. The van der Waals surface area contributed by atoms with E-state index in [1.807, 2.05) is 11.3 Å². The molecule has 5 nitrogen and oxygen atoms in total. The summed E-state index contributed by atoms with van der Waals surface area (Å²) in [5, 5.41) is 9.09. The molecule has 146 valence electrons. The van der Waals surface area contributed by atoms with Crippen molar-refractivity contribution in [2.24, 2.45) is 4.99 Å². The third kappa shape index (κ3) is 5.79. The molecule has 0 amide bonds. The second-order valence-electron chi connectivity index (χ2n) is 6.68. The fourth-order valence-corrected chi connectivity index (χ4v) is 4.13. The molecular formula is C21H30N4OS. The Morgan fingerprint density at radius 2 is 2.00 bits per heavy atom. The number of hydrogen-bond donors (Lipinski definition) is 2. The van der Waals surface area contributed by atoms with Crippen LogP contribution in [0.4, 0.5) is 0 Å². The fourth-order valence-electron chi connectivity index (χ4n) is 3.27. The van der Waals surface area contributed by atoms with Crippen LogP contribution in [-0.4, -0.2) is 50.3 Å². The van der Waals surface area contributed by atoms with Gasteiger partial charge in [-0.15, -0.1) is 11.3 Å². The maximum Gasteiger partial charge on any atom is 0.191 e. The number of aryl methyl sites for hydroxylation is 1. The van der Waals surface area contributed by atoms with Gasteiger partial charge in [0.25, 0.3) is 0 Å². The van der Waals surface area contributed by atoms with E-state index in [0.717, 1.165) is 45.4 Å². The summed E-state index contributed by atoms with van der Waals surface area (Å²) in [7, 11) is 0. The highest BCUT2D eigenvalue weighted by atomic mass is 32.1. The molecule has 3 rings (SSSR count). The summed E-state index contributed by atoms with van der Waals surface area (Å²) in [4.78, 5) is 8.69. The number of ether oxygens (including phenoxy) is 1. The van der Waals surface area contributed by atoms with Crippen LogP contribution in [-0.2, 0) is 11.3 Å². The van der Waals surface area contributed by atoms with E-state index >= 15 is 0 Å². The van der Waals surface area contributed by atoms with Crippen LogP contribution in [0.1, 0.15) is 29.0 Å². The first-order valence-electron chi connectivity index (χ1n) is 9.70. The van der Waals surface area contributed by atoms with Gasteiger partial charge < -0.3 is 15.4 Å². The fraction of sp³-hybridized carbons (Fsp3) is 0.476. The Bertz CT molecular complexity index is 711. The van der Waals surface area contributed by atoms with Crippen molar-refractivity contribution < 1.29 is 4.74 Å². The van der Waals surface area contributed by atoms with Gasteiger partial charge in [-0.25, -0.2) is 4.99 Å². The van der Waals surface area contributed by atoms with Crippen molar-refractivity contribution in [3.8, 4) is 0 Å². The molecule has 1 fully saturated rings. The van der Waals surface area contributed by atoms with Gasteiger partial charge in [0.15, 0.2) is 5.96 Å². The van der Waals surface area contributed by atoms with E-state index in [9.17, 15) is 0 Å². The average Bonchev–Trinajstić information content (AvgIpc) is 3.22. The molecule has 0 radical (unpaired) electrons. The molecular weight excluding hydrogens is 356 g/mol. The Morgan fingerprint density at radius 3 is 2.70 bits per heavy atom. The van der Waals surface area contributed by atoms with Gasteiger partial charge in [0.1, 0.15) is 0 Å². The van der Waals surface area contributed by atoms with E-state index < -0.39 is 0 Å². The van der Waals surface area contributed by atoms with E-state index in [1.165, 1.54) is 16.0 Å². The largest absolute Gasteiger partial charge is 0.379 e. The number of rotatable bonds is 7. The maximum absolute atomic E-state index is 5.54. The maximum atomic E-state index is 5.54. The van der Waals surface area contributed by atoms with Crippen molar-refractivity contribution >= 4 is 17.3 Å². The van der Waals surface area contributed by atoms with Gasteiger partial charge in [0, 0.05) is 31.1 Å². The molecule has 1 aromatic carbocycles. The molecule has 1 aliphatic rings. The highest BCUT2D eigenvalue weighted by Crippen LogP contribution is 2.25. The van der Waals surface area contributed by atoms with Crippen molar-refractivity contribution in [3.05, 3.63) is 57.8 Å². The number of thiophene rings is 1. The molecule has 0 bridgehead atoms. The summed E-state index contributed by atoms with van der Waals surface area (Å²) >= 11 is 1.82. The van der Waals surface area contributed by atoms with Crippen molar-refractivity contribution in [3.63, 3.8) is 0 Å². The van der Waals surface area contributed by atoms with Gasteiger partial charge in [-0.2, -0.15) is 0 Å². The highest BCUT2D eigenvalue weighted by molar-refractivity contribution is 7.10. The minimum Gasteiger partial charge on any atom is -0.379 e. The molecule has 0 aliphatic carbocycles. The van der Waals surface area contributed by atoms with Gasteiger partial charge >= 0.3 is 0 Å². The van der Waals surface area contributed by atoms with Crippen molar-refractivity contribution in [1.29, 1.82) is 0 Å². The number of aliphatic imine (C=N–C) groups is 1. The van der Waals surface area contributed by atoms with E-state index in [4.69, 9.17) is 9.73 Å². The van der Waals surface area contributed by atoms with Gasteiger partial charge in [0.05, 0.1) is 25.8 Å². The number of nitrogens with zero attached hydrogens (tertiary/aromatic N) is 2. The number of hydrogen-bond acceptors (Lipinski definition) is 4. The van der Waals surface area contributed by atoms with Crippen molar-refractivity contribution in [1.82, 2.24) is 15.5 Å². The van der Waals surface area contributed by atoms with Crippen molar-refractivity contribution in [2.45, 2.75) is 26.4 Å². The predicted octanol–water partition coefficient (Wildman–Crippen LogP) is 3.19. The summed E-state index contributed by atoms with van der Waals surface area (Å²) in [6.07, 6.45) is 0. The van der Waals surface area contributed by atoms with E-state index in [0.29, 0.717) is 12.6 Å². The predicted molar refractivity (Wildman–Crippen MR) is 113 cm³/mol. The molecule has 2 heterocycles. The molecule has 1 aromatic heterocycles. The molecule has 1 unspecified atom stereocenters. The van der Waals surface area contributed by atoms with Crippen LogP contribution in [0.3, 0.4) is 0 Å². The molecule has 1 atom stereocenters. The molecule has 27 heavy (non-hydrogen) atoms. The van der Waals surface area contributed by atoms with Crippen LogP contribution in [0.25, 0.3) is 0 Å². The monoisotopic (exact) mass is 386 g/mol. The number of benzene rings is 1. The smallest absolute Gasteiger partial charge is 0.191 e. The molecule has 2 aromatic rings. The average molecular weight is 387 g/mol. The SMILES string of the molecule is CCNC(=NCc1ccccc1C)NCC(c1cccs1)N1CCOCC1. The minimum atomic E-state index is 0.344. The summed E-state index contributed by atoms with van der Waals surface area (Å²) in [6.45, 7) is 10.2. The van der Waals surface area contributed by atoms with Crippen LogP contribution in [0.5, 0.6) is 0 Å². The molecule has 1 aliphatic heterocycles.